The van der Waals surface area contributed by atoms with Gasteiger partial charge in [-0.15, -0.1) is 0 Å². The number of nitrogens with two attached hydrogens (primary N) is 1. The maximum Gasteiger partial charge on any atom is 0.235 e. The first-order chi connectivity index (χ1) is 6.97. The second kappa shape index (κ2) is 4.92. The van der Waals surface area contributed by atoms with Gasteiger partial charge in [-0.1, -0.05) is 0 Å². The minimum Gasteiger partial charge on any atom is -0.378 e. The summed E-state index contributed by atoms with van der Waals surface area (Å²) in [4.78, 5) is 13.4. The summed E-state index contributed by atoms with van der Waals surface area (Å²) >= 11 is 0. The van der Waals surface area contributed by atoms with Crippen LogP contribution < -0.4 is 11.1 Å². The van der Waals surface area contributed by atoms with Crippen molar-refractivity contribution in [3.63, 3.8) is 0 Å². The summed E-state index contributed by atoms with van der Waals surface area (Å²) in [6, 6.07) is -0.289. The molecule has 1 amide bonds. The zero-order valence-electron chi connectivity index (χ0n) is 9.75. The van der Waals surface area contributed by atoms with Gasteiger partial charge in [-0.25, -0.2) is 0 Å². The zero-order valence-corrected chi connectivity index (χ0v) is 9.75. The van der Waals surface area contributed by atoms with E-state index in [1.54, 1.807) is 7.05 Å². The molecule has 1 aliphatic rings. The summed E-state index contributed by atoms with van der Waals surface area (Å²) < 4.78 is 5.41. The lowest BCUT2D eigenvalue weighted by molar-refractivity contribution is -0.122. The average Bonchev–Trinajstić information content (AvgIpc) is 2.15. The third kappa shape index (κ3) is 3.15. The van der Waals surface area contributed by atoms with Crippen LogP contribution in [-0.4, -0.2) is 55.7 Å². The fourth-order valence-corrected chi connectivity index (χ4v) is 1.77. The molecule has 0 bridgehead atoms. The molecular formula is C10H21N3O2. The molecular weight excluding hydrogens is 194 g/mol. The van der Waals surface area contributed by atoms with E-state index < -0.39 is 0 Å². The van der Waals surface area contributed by atoms with Crippen molar-refractivity contribution in [3.8, 4) is 0 Å². The predicted octanol–water partition coefficient (Wildman–Crippen LogP) is -0.829. The van der Waals surface area contributed by atoms with Crippen LogP contribution in [0.25, 0.3) is 0 Å². The minimum atomic E-state index is -0.306. The fourth-order valence-electron chi connectivity index (χ4n) is 1.77. The summed E-state index contributed by atoms with van der Waals surface area (Å²) in [6.45, 7) is 7.13. The van der Waals surface area contributed by atoms with E-state index in [4.69, 9.17) is 10.5 Å². The van der Waals surface area contributed by atoms with Crippen molar-refractivity contribution in [2.24, 2.45) is 5.73 Å². The van der Waals surface area contributed by atoms with Crippen molar-refractivity contribution in [1.82, 2.24) is 10.2 Å². The van der Waals surface area contributed by atoms with E-state index in [1.165, 1.54) is 0 Å². The molecule has 0 spiro atoms. The van der Waals surface area contributed by atoms with Gasteiger partial charge in [-0.2, -0.15) is 0 Å². The summed E-state index contributed by atoms with van der Waals surface area (Å²) in [5.41, 5.74) is 5.27. The van der Waals surface area contributed by atoms with Gasteiger partial charge in [-0.3, -0.25) is 9.69 Å². The summed E-state index contributed by atoms with van der Waals surface area (Å²) in [5.74, 6) is -0.306. The van der Waals surface area contributed by atoms with Crippen molar-refractivity contribution >= 4 is 5.91 Å². The third-order valence-electron chi connectivity index (χ3n) is 2.91. The summed E-state index contributed by atoms with van der Waals surface area (Å²) in [7, 11) is 1.75. The standard InChI is InChI=1S/C10H21N3O2/c1-10(2)7-15-5-4-13(10)6-8(12-3)9(11)14/h8,12H,4-7H2,1-3H3,(H2,11,14). The van der Waals surface area contributed by atoms with E-state index in [9.17, 15) is 4.79 Å². The quantitative estimate of drug-likeness (QED) is 0.642. The average molecular weight is 215 g/mol. The Labute approximate surface area is 90.9 Å². The first kappa shape index (κ1) is 12.4. The molecule has 0 aliphatic carbocycles. The second-order valence-electron chi connectivity index (χ2n) is 4.55. The van der Waals surface area contributed by atoms with E-state index in [-0.39, 0.29) is 17.5 Å². The van der Waals surface area contributed by atoms with Crippen molar-refractivity contribution in [3.05, 3.63) is 0 Å². The van der Waals surface area contributed by atoms with Crippen molar-refractivity contribution < 1.29 is 9.53 Å². The topological polar surface area (TPSA) is 67.6 Å². The highest BCUT2D eigenvalue weighted by Crippen LogP contribution is 2.18. The van der Waals surface area contributed by atoms with Gasteiger partial charge < -0.3 is 15.8 Å². The summed E-state index contributed by atoms with van der Waals surface area (Å²) in [6.07, 6.45) is 0. The lowest BCUT2D eigenvalue weighted by Crippen LogP contribution is -2.58. The number of hydrogen-bond acceptors (Lipinski definition) is 4. The number of carbonyl (C=O) groups excluding carboxylic acids is 1. The molecule has 0 saturated carbocycles. The number of likely N-dealkylation sites (N-methyl/N-ethyl adjacent to an activating group) is 1. The Kier molecular flexibility index (Phi) is 4.07. The van der Waals surface area contributed by atoms with Crippen molar-refractivity contribution in [2.75, 3.05) is 33.4 Å². The normalized spacial score (nSPS) is 23.7. The number of primary amides is 1. The Balaban J connectivity index is 2.58. The van der Waals surface area contributed by atoms with E-state index in [1.807, 2.05) is 0 Å². The Morgan fingerprint density at radius 3 is 2.80 bits per heavy atom. The van der Waals surface area contributed by atoms with Crippen LogP contribution in [-0.2, 0) is 9.53 Å². The van der Waals surface area contributed by atoms with Crippen LogP contribution in [0.1, 0.15) is 13.8 Å². The number of nitrogens with one attached hydrogen (secondary N) is 1. The van der Waals surface area contributed by atoms with Gasteiger partial charge in [-0.05, 0) is 20.9 Å². The first-order valence-corrected chi connectivity index (χ1v) is 5.27. The van der Waals surface area contributed by atoms with Crippen LogP contribution in [0.3, 0.4) is 0 Å². The van der Waals surface area contributed by atoms with Crippen LogP contribution in [0.2, 0.25) is 0 Å². The van der Waals surface area contributed by atoms with Crippen molar-refractivity contribution in [1.29, 1.82) is 0 Å². The highest BCUT2D eigenvalue weighted by molar-refractivity contribution is 5.80. The third-order valence-corrected chi connectivity index (χ3v) is 2.91. The minimum absolute atomic E-state index is 0.0250. The maximum absolute atomic E-state index is 11.1. The largest absolute Gasteiger partial charge is 0.378 e. The van der Waals surface area contributed by atoms with Crippen molar-refractivity contribution in [2.45, 2.75) is 25.4 Å². The van der Waals surface area contributed by atoms with Gasteiger partial charge in [0.2, 0.25) is 5.91 Å². The number of rotatable bonds is 4. The van der Waals surface area contributed by atoms with Gasteiger partial charge in [0.15, 0.2) is 0 Å². The van der Waals surface area contributed by atoms with E-state index >= 15 is 0 Å². The SMILES string of the molecule is CNC(CN1CCOCC1(C)C)C(N)=O. The van der Waals surface area contributed by atoms with Crippen LogP contribution in [0.5, 0.6) is 0 Å². The lowest BCUT2D eigenvalue weighted by atomic mass is 10.0. The van der Waals surface area contributed by atoms with Crippen LogP contribution in [0.15, 0.2) is 0 Å². The van der Waals surface area contributed by atoms with E-state index in [0.29, 0.717) is 13.2 Å². The molecule has 0 radical (unpaired) electrons. The highest BCUT2D eigenvalue weighted by Gasteiger charge is 2.32. The molecule has 1 saturated heterocycles. The molecule has 1 heterocycles. The monoisotopic (exact) mass is 215 g/mol. The molecule has 5 heteroatoms. The first-order valence-electron chi connectivity index (χ1n) is 5.27. The molecule has 1 rings (SSSR count). The Hall–Kier alpha value is -0.650. The fraction of sp³-hybridized carbons (Fsp3) is 0.900. The predicted molar refractivity (Wildman–Crippen MR) is 58.5 cm³/mol. The molecule has 0 aromatic rings. The second-order valence-corrected chi connectivity index (χ2v) is 4.55. The van der Waals surface area contributed by atoms with Gasteiger partial charge in [0.05, 0.1) is 19.3 Å². The number of ether oxygens (including phenoxy) is 1. The molecule has 88 valence electrons. The number of morpholine rings is 1. The molecule has 1 fully saturated rings. The number of carbonyl (C=O) groups is 1. The maximum atomic E-state index is 11.1. The highest BCUT2D eigenvalue weighted by atomic mass is 16.5. The molecule has 1 aliphatic heterocycles. The van der Waals surface area contributed by atoms with Gasteiger partial charge >= 0.3 is 0 Å². The smallest absolute Gasteiger partial charge is 0.235 e. The number of amides is 1. The van der Waals surface area contributed by atoms with Gasteiger partial charge in [0.25, 0.3) is 0 Å². The van der Waals surface area contributed by atoms with Gasteiger partial charge in [0.1, 0.15) is 0 Å². The van der Waals surface area contributed by atoms with Gasteiger partial charge in [0, 0.05) is 18.6 Å². The molecule has 1 unspecified atom stereocenters. The number of nitrogens with zero attached hydrogens (tertiary/aromatic N) is 1. The summed E-state index contributed by atoms with van der Waals surface area (Å²) in [5, 5.41) is 2.93. The molecule has 5 nitrogen and oxygen atoms in total. The lowest BCUT2D eigenvalue weighted by Gasteiger charge is -2.43. The van der Waals surface area contributed by atoms with E-state index in [2.05, 4.69) is 24.1 Å². The number of hydrogen-bond donors (Lipinski definition) is 2. The molecule has 15 heavy (non-hydrogen) atoms. The van der Waals surface area contributed by atoms with Crippen LogP contribution in [0, 0.1) is 0 Å². The molecule has 0 aromatic carbocycles. The molecule has 0 aromatic heterocycles. The Morgan fingerprint density at radius 1 is 1.67 bits per heavy atom. The Morgan fingerprint density at radius 2 is 2.33 bits per heavy atom. The van der Waals surface area contributed by atoms with Crippen LogP contribution >= 0.6 is 0 Å². The zero-order chi connectivity index (χ0) is 11.5. The Bertz CT molecular complexity index is 231. The molecule has 1 atom stereocenters. The van der Waals surface area contributed by atoms with Crippen LogP contribution in [0.4, 0.5) is 0 Å². The van der Waals surface area contributed by atoms with E-state index in [0.717, 1.165) is 13.2 Å². The molecule has 3 N–H and O–H groups in total.